The third-order valence-corrected chi connectivity index (χ3v) is 12.5. The van der Waals surface area contributed by atoms with Gasteiger partial charge in [-0.3, -0.25) is 4.79 Å². The number of aliphatic hydroxyl groups is 3. The molecule has 6 rings (SSSR count). The quantitative estimate of drug-likeness (QED) is 0.412. The van der Waals surface area contributed by atoms with E-state index in [0.717, 1.165) is 11.1 Å². The van der Waals surface area contributed by atoms with Gasteiger partial charge >= 0.3 is 5.97 Å². The summed E-state index contributed by atoms with van der Waals surface area (Å²) >= 11 is 0. The van der Waals surface area contributed by atoms with E-state index in [9.17, 15) is 24.9 Å². The summed E-state index contributed by atoms with van der Waals surface area (Å²) in [6.07, 6.45) is 3.31. The molecule has 0 aromatic heterocycles. The van der Waals surface area contributed by atoms with Crippen LogP contribution in [-0.4, -0.2) is 56.8 Å². The lowest BCUT2D eigenvalue weighted by Crippen LogP contribution is -2.61. The Bertz CT molecular complexity index is 1250. The van der Waals surface area contributed by atoms with Crippen LogP contribution < -0.4 is 0 Å². The highest BCUT2D eigenvalue weighted by Gasteiger charge is 2.74. The maximum Gasteiger partial charge on any atom is 0.336 e. The van der Waals surface area contributed by atoms with E-state index in [0.29, 0.717) is 24.0 Å². The monoisotopic (exact) mass is 526 g/mol. The van der Waals surface area contributed by atoms with Crippen LogP contribution in [0.1, 0.15) is 81.1 Å². The highest BCUT2D eigenvalue weighted by Crippen LogP contribution is 2.73. The van der Waals surface area contributed by atoms with Gasteiger partial charge in [-0.15, -0.1) is 0 Å². The number of fused-ring (bicyclic) bond motifs is 4. The molecule has 6 aliphatic rings. The molecule has 7 heteroatoms. The van der Waals surface area contributed by atoms with Gasteiger partial charge in [-0.25, -0.2) is 4.79 Å². The maximum atomic E-state index is 13.2. The SMILES string of the molecule is CC1=C(C)C2(CC(C)(O)C3CC(O)C4(C)C5=CCC6C(C)(CC(=O)C(O)C6(C)C)C5=CC(O2)C34C)OC1=O. The third-order valence-electron chi connectivity index (χ3n) is 12.5. The molecule has 1 spiro atoms. The molecule has 2 aliphatic heterocycles. The molecule has 7 nitrogen and oxygen atoms in total. The Morgan fingerprint density at radius 3 is 2.24 bits per heavy atom. The molecular formula is C31H42O7. The molecule has 0 amide bonds. The lowest BCUT2D eigenvalue weighted by Gasteiger charge is -2.62. The summed E-state index contributed by atoms with van der Waals surface area (Å²) in [5, 5.41) is 34.7. The van der Waals surface area contributed by atoms with E-state index in [4.69, 9.17) is 9.47 Å². The number of hydrogen-bond acceptors (Lipinski definition) is 7. The van der Waals surface area contributed by atoms with Gasteiger partial charge in [0.1, 0.15) is 6.10 Å². The minimum absolute atomic E-state index is 0.0102. The Morgan fingerprint density at radius 1 is 0.974 bits per heavy atom. The first-order valence-electron chi connectivity index (χ1n) is 14.0. The Balaban J connectivity index is 1.60. The highest BCUT2D eigenvalue weighted by atomic mass is 16.7. The molecule has 2 heterocycles. The van der Waals surface area contributed by atoms with Crippen molar-refractivity contribution in [2.24, 2.45) is 33.5 Å². The van der Waals surface area contributed by atoms with Gasteiger partial charge in [-0.05, 0) is 56.6 Å². The van der Waals surface area contributed by atoms with E-state index in [2.05, 4.69) is 32.9 Å². The number of aliphatic hydroxyl groups excluding tert-OH is 2. The molecular weight excluding hydrogens is 484 g/mol. The predicted octanol–water partition coefficient (Wildman–Crippen LogP) is 3.76. The van der Waals surface area contributed by atoms with Crippen LogP contribution in [-0.2, 0) is 19.1 Å². The van der Waals surface area contributed by atoms with Gasteiger partial charge in [0.05, 0.1) is 17.8 Å². The molecule has 10 atom stereocenters. The fourth-order valence-corrected chi connectivity index (χ4v) is 9.91. The zero-order valence-corrected chi connectivity index (χ0v) is 23.8. The number of hydrogen-bond donors (Lipinski definition) is 3. The first kappa shape index (κ1) is 26.4. The largest absolute Gasteiger partial charge is 0.425 e. The van der Waals surface area contributed by atoms with Crippen LogP contribution in [0.2, 0.25) is 0 Å². The van der Waals surface area contributed by atoms with Crippen LogP contribution >= 0.6 is 0 Å². The Morgan fingerprint density at radius 2 is 1.63 bits per heavy atom. The fraction of sp³-hybridized carbons (Fsp3) is 0.742. The van der Waals surface area contributed by atoms with Crippen LogP contribution in [0.5, 0.6) is 0 Å². The van der Waals surface area contributed by atoms with E-state index in [1.54, 1.807) is 13.8 Å². The number of ether oxygens (including phenoxy) is 2. The van der Waals surface area contributed by atoms with Crippen molar-refractivity contribution in [3.63, 3.8) is 0 Å². The van der Waals surface area contributed by atoms with Crippen LogP contribution in [0, 0.1) is 33.5 Å². The minimum Gasteiger partial charge on any atom is -0.425 e. The summed E-state index contributed by atoms with van der Waals surface area (Å²) in [4.78, 5) is 25.9. The van der Waals surface area contributed by atoms with Crippen LogP contribution in [0.3, 0.4) is 0 Å². The molecule has 0 aromatic carbocycles. The van der Waals surface area contributed by atoms with E-state index in [1.165, 1.54) is 0 Å². The number of Topliss-reactive ketones (excluding diaryl/α,β-unsaturated/α-hetero) is 1. The first-order valence-corrected chi connectivity index (χ1v) is 14.0. The summed E-state index contributed by atoms with van der Waals surface area (Å²) in [5.74, 6) is -2.34. The zero-order chi connectivity index (χ0) is 28.0. The number of ketones is 1. The summed E-state index contributed by atoms with van der Waals surface area (Å²) in [5.41, 5.74) is -0.806. The second-order valence-corrected chi connectivity index (χ2v) is 14.5. The fourth-order valence-electron chi connectivity index (χ4n) is 9.91. The molecule has 3 N–H and O–H groups in total. The van der Waals surface area contributed by atoms with Gasteiger partial charge in [-0.2, -0.15) is 0 Å². The van der Waals surface area contributed by atoms with Gasteiger partial charge in [0.15, 0.2) is 5.78 Å². The van der Waals surface area contributed by atoms with E-state index >= 15 is 0 Å². The van der Waals surface area contributed by atoms with Crippen LogP contribution in [0.25, 0.3) is 0 Å². The van der Waals surface area contributed by atoms with E-state index in [-0.39, 0.29) is 30.5 Å². The van der Waals surface area contributed by atoms with Crippen molar-refractivity contribution in [2.45, 2.75) is 111 Å². The van der Waals surface area contributed by atoms with Gasteiger partial charge in [-0.1, -0.05) is 46.8 Å². The van der Waals surface area contributed by atoms with Gasteiger partial charge < -0.3 is 24.8 Å². The summed E-state index contributed by atoms with van der Waals surface area (Å²) in [6, 6.07) is 0. The highest BCUT2D eigenvalue weighted by molar-refractivity contribution is 5.92. The first-order chi connectivity index (χ1) is 17.4. The predicted molar refractivity (Wildman–Crippen MR) is 139 cm³/mol. The molecule has 2 saturated carbocycles. The number of carbonyl (C=O) groups is 2. The molecule has 4 aliphatic carbocycles. The van der Waals surface area contributed by atoms with Gasteiger partial charge in [0.25, 0.3) is 0 Å². The minimum atomic E-state index is -1.40. The third kappa shape index (κ3) is 2.74. The summed E-state index contributed by atoms with van der Waals surface area (Å²) in [7, 11) is 0. The van der Waals surface area contributed by atoms with Gasteiger partial charge in [0, 0.05) is 45.6 Å². The van der Waals surface area contributed by atoms with Crippen molar-refractivity contribution in [3.05, 3.63) is 34.4 Å². The van der Waals surface area contributed by atoms with E-state index in [1.807, 2.05) is 20.8 Å². The summed E-state index contributed by atoms with van der Waals surface area (Å²) < 4.78 is 12.8. The molecule has 3 fully saturated rings. The van der Waals surface area contributed by atoms with Crippen LogP contribution in [0.4, 0.5) is 0 Å². The van der Waals surface area contributed by atoms with Crippen molar-refractivity contribution >= 4 is 11.8 Å². The van der Waals surface area contributed by atoms with Crippen molar-refractivity contribution in [3.8, 4) is 0 Å². The molecule has 0 bridgehead atoms. The number of esters is 1. The average molecular weight is 527 g/mol. The average Bonchev–Trinajstić information content (AvgIpc) is 3.13. The number of carbonyl (C=O) groups excluding carboxylic acids is 2. The summed E-state index contributed by atoms with van der Waals surface area (Å²) in [6.45, 7) is 15.5. The van der Waals surface area contributed by atoms with Gasteiger partial charge in [0.2, 0.25) is 5.79 Å². The zero-order valence-electron chi connectivity index (χ0n) is 23.8. The smallest absolute Gasteiger partial charge is 0.336 e. The van der Waals surface area contributed by atoms with Crippen molar-refractivity contribution < 1.29 is 34.4 Å². The topological polar surface area (TPSA) is 113 Å². The Labute approximate surface area is 225 Å². The normalized spacial score (nSPS) is 53.1. The molecule has 1 saturated heterocycles. The standard InChI is InChI=1S/C31H42O7/c1-15-16(2)31(38-25(15)35)14-28(6,36)21-12-22(33)29(7)17-9-10-20-26(3,4)24(34)19(32)13-27(20,5)18(17)11-23(37-31)30(21,29)8/h9,11,20-24,33-34,36H,10,12-14H2,1-8H3. The maximum absolute atomic E-state index is 13.2. The molecule has 208 valence electrons. The van der Waals surface area contributed by atoms with Crippen molar-refractivity contribution in [1.82, 2.24) is 0 Å². The van der Waals surface area contributed by atoms with Crippen molar-refractivity contribution in [1.29, 1.82) is 0 Å². The molecule has 38 heavy (non-hydrogen) atoms. The van der Waals surface area contributed by atoms with E-state index < -0.39 is 57.3 Å². The van der Waals surface area contributed by atoms with Crippen molar-refractivity contribution in [2.75, 3.05) is 0 Å². The molecule has 0 radical (unpaired) electrons. The second kappa shape index (κ2) is 7.28. The number of rotatable bonds is 0. The molecule has 10 unspecified atom stereocenters. The Hall–Kier alpha value is -1.80. The lowest BCUT2D eigenvalue weighted by atomic mass is 9.43. The second-order valence-electron chi connectivity index (χ2n) is 14.5. The Kier molecular flexibility index (Phi) is 5.06. The number of allylic oxidation sites excluding steroid dienone is 2. The van der Waals surface area contributed by atoms with Crippen LogP contribution in [0.15, 0.2) is 34.4 Å². The molecule has 0 aromatic rings. The lowest BCUT2D eigenvalue weighted by molar-refractivity contribution is -0.236.